The number of ether oxygens (including phenoxy) is 1. The Labute approximate surface area is 108 Å². The molecule has 18 heavy (non-hydrogen) atoms. The summed E-state index contributed by atoms with van der Waals surface area (Å²) in [6.07, 6.45) is 7.05. The van der Waals surface area contributed by atoms with Crippen LogP contribution in [0.25, 0.3) is 0 Å². The van der Waals surface area contributed by atoms with E-state index in [0.29, 0.717) is 12.3 Å². The van der Waals surface area contributed by atoms with Crippen molar-refractivity contribution >= 4 is 11.8 Å². The quantitative estimate of drug-likeness (QED) is 0.569. The van der Waals surface area contributed by atoms with Crippen molar-refractivity contribution in [3.63, 3.8) is 0 Å². The minimum Gasteiger partial charge on any atom is -0.469 e. The second-order valence-electron chi connectivity index (χ2n) is 6.06. The van der Waals surface area contributed by atoms with Crippen LogP contribution < -0.4 is 0 Å². The standard InChI is InChI=1S/C15H20O3/c1-4-11(16)15-10-7-5-9(6-8-10)14(15,2)12(15)13(17)18-3/h5,7,9-10,12H,4,6,8H2,1-3H3/t9-,10+,12+,14+,15+/m1/s1. The number of ketones is 1. The third-order valence-corrected chi connectivity index (χ3v) is 5.80. The molecule has 0 aliphatic heterocycles. The monoisotopic (exact) mass is 248 g/mol. The first-order valence-corrected chi connectivity index (χ1v) is 6.84. The zero-order valence-corrected chi connectivity index (χ0v) is 11.2. The fourth-order valence-electron chi connectivity index (χ4n) is 5.01. The summed E-state index contributed by atoms with van der Waals surface area (Å²) < 4.78 is 4.96. The van der Waals surface area contributed by atoms with Crippen molar-refractivity contribution in [2.45, 2.75) is 33.1 Å². The maximum atomic E-state index is 12.5. The Balaban J connectivity index is 2.10. The average molecular weight is 248 g/mol. The highest BCUT2D eigenvalue weighted by atomic mass is 16.5. The minimum atomic E-state index is -0.452. The second kappa shape index (κ2) is 3.46. The van der Waals surface area contributed by atoms with Gasteiger partial charge in [0.15, 0.2) is 0 Å². The topological polar surface area (TPSA) is 43.4 Å². The summed E-state index contributed by atoms with van der Waals surface area (Å²) >= 11 is 0. The molecule has 0 amide bonds. The fourth-order valence-corrected chi connectivity index (χ4v) is 5.01. The van der Waals surface area contributed by atoms with Gasteiger partial charge in [-0.2, -0.15) is 0 Å². The van der Waals surface area contributed by atoms with Crippen LogP contribution in [0, 0.1) is 28.6 Å². The van der Waals surface area contributed by atoms with E-state index in [1.165, 1.54) is 7.11 Å². The fraction of sp³-hybridized carbons (Fsp3) is 0.733. The van der Waals surface area contributed by atoms with Crippen molar-refractivity contribution in [2.75, 3.05) is 7.11 Å². The van der Waals surface area contributed by atoms with Crippen LogP contribution in [0.3, 0.4) is 0 Å². The number of methoxy groups -OCH3 is 1. The first-order chi connectivity index (χ1) is 8.55. The third-order valence-electron chi connectivity index (χ3n) is 5.80. The molecule has 0 heterocycles. The molecule has 0 aromatic heterocycles. The molecule has 2 bridgehead atoms. The van der Waals surface area contributed by atoms with Crippen LogP contribution in [0.15, 0.2) is 12.2 Å². The molecule has 0 unspecified atom stereocenters. The highest BCUT2D eigenvalue weighted by molar-refractivity contribution is 5.98. The van der Waals surface area contributed by atoms with Gasteiger partial charge in [-0.25, -0.2) is 0 Å². The van der Waals surface area contributed by atoms with Gasteiger partial charge in [0, 0.05) is 11.8 Å². The van der Waals surface area contributed by atoms with Gasteiger partial charge in [-0.3, -0.25) is 9.59 Å². The van der Waals surface area contributed by atoms with Crippen LogP contribution in [-0.4, -0.2) is 18.9 Å². The Morgan fingerprint density at radius 2 is 1.89 bits per heavy atom. The molecule has 3 heteroatoms. The van der Waals surface area contributed by atoms with Crippen LogP contribution in [0.2, 0.25) is 0 Å². The lowest BCUT2D eigenvalue weighted by atomic mass is 9.61. The largest absolute Gasteiger partial charge is 0.469 e. The Kier molecular flexibility index (Phi) is 2.30. The van der Waals surface area contributed by atoms with Crippen molar-refractivity contribution in [1.29, 1.82) is 0 Å². The van der Waals surface area contributed by atoms with E-state index in [-0.39, 0.29) is 29.0 Å². The molecule has 4 aliphatic carbocycles. The normalized spacial score (nSPS) is 47.6. The highest BCUT2D eigenvalue weighted by Crippen LogP contribution is 2.82. The number of esters is 1. The Bertz CT molecular complexity index is 453. The van der Waals surface area contributed by atoms with Crippen LogP contribution in [-0.2, 0) is 14.3 Å². The summed E-state index contributed by atoms with van der Waals surface area (Å²) in [4.78, 5) is 24.6. The number of Topliss-reactive ketones (excluding diaryl/α,β-unsaturated/α-hetero) is 1. The van der Waals surface area contributed by atoms with E-state index in [1.807, 2.05) is 6.92 Å². The van der Waals surface area contributed by atoms with Crippen LogP contribution >= 0.6 is 0 Å². The molecule has 2 saturated carbocycles. The SMILES string of the molecule is CCC(=O)[C@]12[C@H]3C=C[C@H](CC3)[C@@]1(C)[C@@H]2C(=O)OC. The minimum absolute atomic E-state index is 0.190. The van der Waals surface area contributed by atoms with Crippen molar-refractivity contribution in [2.24, 2.45) is 28.6 Å². The van der Waals surface area contributed by atoms with E-state index in [2.05, 4.69) is 19.1 Å². The summed E-state index contributed by atoms with van der Waals surface area (Å²) in [7, 11) is 1.43. The van der Waals surface area contributed by atoms with Crippen molar-refractivity contribution in [1.82, 2.24) is 0 Å². The smallest absolute Gasteiger partial charge is 0.310 e. The molecule has 4 aliphatic rings. The van der Waals surface area contributed by atoms with Crippen molar-refractivity contribution in [3.8, 4) is 0 Å². The highest BCUT2D eigenvalue weighted by Gasteiger charge is 2.85. The summed E-state index contributed by atoms with van der Waals surface area (Å²) in [5.74, 6) is 0.431. The molecule has 5 atom stereocenters. The molecule has 0 spiro atoms. The van der Waals surface area contributed by atoms with Crippen molar-refractivity contribution < 1.29 is 14.3 Å². The Hall–Kier alpha value is -1.12. The van der Waals surface area contributed by atoms with Crippen LogP contribution in [0.5, 0.6) is 0 Å². The lowest BCUT2D eigenvalue weighted by Crippen LogP contribution is -2.40. The number of allylic oxidation sites excluding steroid dienone is 2. The van der Waals surface area contributed by atoms with Gasteiger partial charge in [-0.05, 0) is 24.7 Å². The van der Waals surface area contributed by atoms with Gasteiger partial charge in [0.1, 0.15) is 5.78 Å². The lowest BCUT2D eigenvalue weighted by molar-refractivity contribution is -0.145. The van der Waals surface area contributed by atoms with Gasteiger partial charge >= 0.3 is 5.97 Å². The van der Waals surface area contributed by atoms with Gasteiger partial charge in [-0.15, -0.1) is 0 Å². The van der Waals surface area contributed by atoms with E-state index >= 15 is 0 Å². The first-order valence-electron chi connectivity index (χ1n) is 6.84. The maximum absolute atomic E-state index is 12.5. The van der Waals surface area contributed by atoms with E-state index in [0.717, 1.165) is 12.8 Å². The van der Waals surface area contributed by atoms with Gasteiger partial charge in [-0.1, -0.05) is 26.0 Å². The molecule has 2 fully saturated rings. The van der Waals surface area contributed by atoms with Crippen LogP contribution in [0.4, 0.5) is 0 Å². The van der Waals surface area contributed by atoms with E-state index < -0.39 is 5.41 Å². The van der Waals surface area contributed by atoms with Gasteiger partial charge in [0.25, 0.3) is 0 Å². The summed E-state index contributed by atoms with van der Waals surface area (Å²) in [6, 6.07) is 0. The third kappa shape index (κ3) is 0.987. The molecule has 0 aromatic rings. The Morgan fingerprint density at radius 1 is 1.28 bits per heavy atom. The Morgan fingerprint density at radius 3 is 2.39 bits per heavy atom. The van der Waals surface area contributed by atoms with Crippen molar-refractivity contribution in [3.05, 3.63) is 12.2 Å². The number of carbonyl (C=O) groups is 2. The molecular weight excluding hydrogens is 228 g/mol. The number of fused-ring (bicyclic) bond motifs is 1. The molecule has 0 radical (unpaired) electrons. The predicted octanol–water partition coefficient (Wildman–Crippen LogP) is 2.36. The summed E-state index contributed by atoms with van der Waals surface area (Å²) in [5, 5.41) is 0. The van der Waals surface area contributed by atoms with Gasteiger partial charge in [0.05, 0.1) is 18.4 Å². The molecule has 3 nitrogen and oxygen atoms in total. The van der Waals surface area contributed by atoms with Gasteiger partial charge in [0.2, 0.25) is 0 Å². The summed E-state index contributed by atoms with van der Waals surface area (Å²) in [6.45, 7) is 4.01. The summed E-state index contributed by atoms with van der Waals surface area (Å²) in [5.41, 5.74) is -0.642. The van der Waals surface area contributed by atoms with E-state index in [9.17, 15) is 9.59 Å². The zero-order chi connectivity index (χ0) is 13.1. The molecule has 0 aromatic carbocycles. The number of rotatable bonds is 3. The van der Waals surface area contributed by atoms with Crippen LogP contribution in [0.1, 0.15) is 33.1 Å². The van der Waals surface area contributed by atoms with E-state index in [1.54, 1.807) is 0 Å². The molecular formula is C15H20O3. The molecule has 4 rings (SSSR count). The molecule has 98 valence electrons. The second-order valence-corrected chi connectivity index (χ2v) is 6.06. The first kappa shape index (κ1) is 11.9. The number of carbonyl (C=O) groups excluding carboxylic acids is 2. The van der Waals surface area contributed by atoms with Gasteiger partial charge < -0.3 is 4.74 Å². The average Bonchev–Trinajstić information content (AvgIpc) is 3.03. The molecule has 0 N–H and O–H groups in total. The zero-order valence-electron chi connectivity index (χ0n) is 11.2. The number of hydrogen-bond donors (Lipinski definition) is 0. The predicted molar refractivity (Wildman–Crippen MR) is 66.7 cm³/mol. The number of hydrogen-bond acceptors (Lipinski definition) is 3. The van der Waals surface area contributed by atoms with E-state index in [4.69, 9.17) is 4.74 Å². The maximum Gasteiger partial charge on any atom is 0.310 e. The lowest BCUT2D eigenvalue weighted by Gasteiger charge is -2.41. The molecule has 0 saturated heterocycles.